The molecule has 0 unspecified atom stereocenters. The van der Waals surface area contributed by atoms with E-state index < -0.39 is 35.2 Å². The van der Waals surface area contributed by atoms with Crippen molar-refractivity contribution in [2.45, 2.75) is 58.9 Å². The Balaban J connectivity index is 1.17. The van der Waals surface area contributed by atoms with Gasteiger partial charge in [0, 0.05) is 88.3 Å². The van der Waals surface area contributed by atoms with Crippen molar-refractivity contribution in [1.82, 2.24) is 34.2 Å². The second-order valence-corrected chi connectivity index (χ2v) is 14.8. The lowest BCUT2D eigenvalue weighted by molar-refractivity contribution is -0.138. The summed E-state index contributed by atoms with van der Waals surface area (Å²) in [6.07, 6.45) is -0.619. The summed E-state index contributed by atoms with van der Waals surface area (Å²) in [5.74, 6) is 5.04. The minimum Gasteiger partial charge on any atom is -0.443 e. The smallest absolute Gasteiger partial charge is 0.417 e. The van der Waals surface area contributed by atoms with Gasteiger partial charge >= 0.3 is 12.3 Å². The molecular formula is C40H44F3N9O4. The van der Waals surface area contributed by atoms with E-state index in [9.17, 15) is 27.6 Å². The highest BCUT2D eigenvalue weighted by molar-refractivity contribution is 6.05. The monoisotopic (exact) mass is 771 g/mol. The van der Waals surface area contributed by atoms with Crippen molar-refractivity contribution in [3.05, 3.63) is 88.0 Å². The lowest BCUT2D eigenvalue weighted by atomic mass is 10.0. The Bertz CT molecular complexity index is 2210. The number of hydrogen-bond donors (Lipinski definition) is 2. The van der Waals surface area contributed by atoms with Crippen LogP contribution in [0.3, 0.4) is 0 Å². The number of rotatable bonds is 7. The fourth-order valence-corrected chi connectivity index (χ4v) is 6.74. The Labute approximate surface area is 323 Å². The van der Waals surface area contributed by atoms with Crippen LogP contribution in [0, 0.1) is 11.8 Å². The maximum Gasteiger partial charge on any atom is 0.417 e. The van der Waals surface area contributed by atoms with E-state index in [2.05, 4.69) is 43.9 Å². The number of carbonyl (C=O) groups is 3. The number of fused-ring (bicyclic) bond motifs is 1. The largest absolute Gasteiger partial charge is 0.443 e. The Hall–Kier alpha value is -5.79. The molecule has 0 spiro atoms. The number of imide groups is 1. The third-order valence-electron chi connectivity index (χ3n) is 9.58. The first-order valence-corrected chi connectivity index (χ1v) is 18.3. The molecule has 1 aromatic carbocycles. The van der Waals surface area contributed by atoms with E-state index in [4.69, 9.17) is 10.5 Å². The average Bonchev–Trinajstić information content (AvgIpc) is 3.47. The second kappa shape index (κ2) is 16.1. The molecule has 0 atom stereocenters. The van der Waals surface area contributed by atoms with Gasteiger partial charge in [-0.3, -0.25) is 19.5 Å². The highest BCUT2D eigenvalue weighted by Crippen LogP contribution is 2.35. The summed E-state index contributed by atoms with van der Waals surface area (Å²) in [5.41, 5.74) is 7.92. The van der Waals surface area contributed by atoms with Crippen LogP contribution in [0.15, 0.2) is 48.9 Å². The van der Waals surface area contributed by atoms with Crippen molar-refractivity contribution in [2.24, 2.45) is 7.05 Å². The predicted octanol–water partition coefficient (Wildman–Crippen LogP) is 5.13. The number of carbonyl (C=O) groups excluding carboxylic acids is 3. The van der Waals surface area contributed by atoms with Gasteiger partial charge in [-0.2, -0.15) is 13.2 Å². The number of hydrogen-bond acceptors (Lipinski definition) is 10. The molecule has 4 aromatic rings. The van der Waals surface area contributed by atoms with Crippen LogP contribution in [0.25, 0.3) is 11.4 Å². The second-order valence-electron chi connectivity index (χ2n) is 14.8. The zero-order valence-electron chi connectivity index (χ0n) is 32.0. The molecule has 1 saturated heterocycles. The molecule has 0 radical (unpaired) electrons. The molecule has 2 aliphatic heterocycles. The van der Waals surface area contributed by atoms with Crippen molar-refractivity contribution in [1.29, 1.82) is 0 Å². The Morgan fingerprint density at radius 1 is 0.982 bits per heavy atom. The van der Waals surface area contributed by atoms with Crippen LogP contribution < -0.4 is 11.1 Å². The first kappa shape index (κ1) is 39.9. The van der Waals surface area contributed by atoms with E-state index in [1.165, 1.54) is 30.7 Å². The molecule has 3 amide bonds. The number of nitrogens with zero attached hydrogens (tertiary/aromatic N) is 7. The van der Waals surface area contributed by atoms with Gasteiger partial charge < -0.3 is 25.3 Å². The van der Waals surface area contributed by atoms with Gasteiger partial charge in [0.05, 0.1) is 28.8 Å². The van der Waals surface area contributed by atoms with Crippen molar-refractivity contribution in [3.63, 3.8) is 0 Å². The summed E-state index contributed by atoms with van der Waals surface area (Å²) in [6.45, 7) is 11.5. The molecule has 6 rings (SSSR count). The van der Waals surface area contributed by atoms with Crippen LogP contribution in [0.1, 0.15) is 71.6 Å². The van der Waals surface area contributed by atoms with E-state index in [0.717, 1.165) is 30.6 Å². The fraction of sp³-hybridized carbons (Fsp3) is 0.400. The van der Waals surface area contributed by atoms with Gasteiger partial charge in [-0.25, -0.2) is 19.7 Å². The molecule has 13 nitrogen and oxygen atoms in total. The number of pyridine rings is 1. The number of likely N-dealkylation sites (N-methyl/N-ethyl adjacent to an activating group) is 1. The summed E-state index contributed by atoms with van der Waals surface area (Å²) in [5, 5.41) is 2.60. The van der Waals surface area contributed by atoms with Gasteiger partial charge in [0.1, 0.15) is 11.3 Å². The zero-order chi connectivity index (χ0) is 40.4. The van der Waals surface area contributed by atoms with E-state index in [-0.39, 0.29) is 36.7 Å². The maximum atomic E-state index is 14.1. The number of alkyl halides is 3. The van der Waals surface area contributed by atoms with E-state index in [0.29, 0.717) is 58.8 Å². The lowest BCUT2D eigenvalue weighted by Crippen LogP contribution is -2.45. The highest BCUT2D eigenvalue weighted by atomic mass is 19.4. The molecule has 2 aliphatic rings. The third-order valence-corrected chi connectivity index (χ3v) is 9.58. The van der Waals surface area contributed by atoms with Crippen molar-refractivity contribution in [2.75, 3.05) is 50.3 Å². The summed E-state index contributed by atoms with van der Waals surface area (Å²) in [4.78, 5) is 57.3. The summed E-state index contributed by atoms with van der Waals surface area (Å²) < 4.78 is 49.6. The van der Waals surface area contributed by atoms with Gasteiger partial charge in [-0.15, -0.1) is 0 Å². The van der Waals surface area contributed by atoms with Crippen molar-refractivity contribution >= 4 is 29.5 Å². The normalized spacial score (nSPS) is 15.2. The standard InChI is InChI=1S/C40H44F3N9O4/c1-6-50-13-15-51(16-14-50)24-28-9-10-29(19-31(28)40(41,42)43)47-34(53)18-26-17-25(21-45-22-26)7-8-27-23-46-37(44)48-35(27)33-20-30-32(49(33)5)11-12-52(36(30)54)38(55)56-39(2,3)4/h9-10,17,19-23H,6,11-16,18,24H2,1-5H3,(H,47,53)(H2,44,46,48). The van der Waals surface area contributed by atoms with Crippen molar-refractivity contribution < 1.29 is 32.3 Å². The molecule has 294 valence electrons. The molecule has 3 N–H and O–H groups in total. The van der Waals surface area contributed by atoms with Gasteiger partial charge in [-0.1, -0.05) is 24.8 Å². The summed E-state index contributed by atoms with van der Waals surface area (Å²) >= 11 is 0. The number of piperazine rings is 1. The van der Waals surface area contributed by atoms with Gasteiger partial charge in [0.2, 0.25) is 11.9 Å². The summed E-state index contributed by atoms with van der Waals surface area (Å²) in [6, 6.07) is 7.21. The van der Waals surface area contributed by atoms with Gasteiger partial charge in [-0.05, 0) is 62.7 Å². The number of halogens is 3. The number of nitrogen functional groups attached to an aromatic ring is 1. The van der Waals surface area contributed by atoms with Gasteiger partial charge in [0.25, 0.3) is 5.91 Å². The topological polar surface area (TPSA) is 152 Å². The number of nitrogens with one attached hydrogen (secondary N) is 1. The first-order valence-electron chi connectivity index (χ1n) is 18.3. The van der Waals surface area contributed by atoms with Crippen LogP contribution in [-0.4, -0.2) is 97.0 Å². The number of amides is 3. The predicted molar refractivity (Wildman–Crippen MR) is 203 cm³/mol. The molecule has 5 heterocycles. The third kappa shape index (κ3) is 9.35. The van der Waals surface area contributed by atoms with E-state index >= 15 is 0 Å². The molecule has 3 aromatic heterocycles. The van der Waals surface area contributed by atoms with Gasteiger partial charge in [0.15, 0.2) is 0 Å². The number of aromatic nitrogens is 4. The van der Waals surface area contributed by atoms with Crippen LogP contribution in [0.2, 0.25) is 0 Å². The van der Waals surface area contributed by atoms with Crippen LogP contribution in [0.4, 0.5) is 29.6 Å². The molecule has 0 bridgehead atoms. The fourth-order valence-electron chi connectivity index (χ4n) is 6.74. The summed E-state index contributed by atoms with van der Waals surface area (Å²) in [7, 11) is 1.78. The molecule has 16 heteroatoms. The molecule has 56 heavy (non-hydrogen) atoms. The number of anilines is 2. The minimum absolute atomic E-state index is 0.0106. The lowest BCUT2D eigenvalue weighted by Gasteiger charge is -2.34. The van der Waals surface area contributed by atoms with Crippen LogP contribution in [-0.2, 0) is 42.1 Å². The Morgan fingerprint density at radius 3 is 2.41 bits per heavy atom. The number of ether oxygens (including phenoxy) is 1. The van der Waals surface area contributed by atoms with Crippen LogP contribution in [0.5, 0.6) is 0 Å². The van der Waals surface area contributed by atoms with E-state index in [1.54, 1.807) is 40.0 Å². The number of benzene rings is 1. The van der Waals surface area contributed by atoms with E-state index in [1.807, 2.05) is 9.47 Å². The average molecular weight is 772 g/mol. The Kier molecular flexibility index (Phi) is 11.5. The first-order chi connectivity index (χ1) is 26.5. The SMILES string of the molecule is CCN1CCN(Cc2ccc(NC(=O)Cc3cncc(C#Cc4cnc(N)nc4-c4cc5c(n4C)CCN(C(=O)OC(C)(C)C)C5=O)c3)cc2C(F)(F)F)CC1. The zero-order valence-corrected chi connectivity index (χ0v) is 32.0. The number of nitrogens with two attached hydrogens (primary N) is 1. The maximum absolute atomic E-state index is 14.1. The molecular weight excluding hydrogens is 727 g/mol. The highest BCUT2D eigenvalue weighted by Gasteiger charge is 2.36. The molecule has 1 fully saturated rings. The molecule has 0 saturated carbocycles. The molecule has 0 aliphatic carbocycles. The van der Waals surface area contributed by atoms with Crippen LogP contribution >= 0.6 is 0 Å². The Morgan fingerprint density at radius 2 is 1.71 bits per heavy atom. The quantitative estimate of drug-likeness (QED) is 0.242. The van der Waals surface area contributed by atoms with Crippen molar-refractivity contribution in [3.8, 4) is 23.2 Å². The minimum atomic E-state index is -4.59.